The van der Waals surface area contributed by atoms with Crippen LogP contribution in [-0.4, -0.2) is 15.1 Å². The Hall–Kier alpha value is -4.24. The zero-order chi connectivity index (χ0) is 22.5. The first-order valence-corrected chi connectivity index (χ1v) is 11.1. The zero-order valence-corrected chi connectivity index (χ0v) is 18.5. The van der Waals surface area contributed by atoms with Crippen molar-refractivity contribution in [1.82, 2.24) is 9.97 Å². The molecule has 0 aliphatic carbocycles. The van der Waals surface area contributed by atoms with Crippen LogP contribution in [0.1, 0.15) is 11.4 Å². The van der Waals surface area contributed by atoms with Crippen molar-refractivity contribution in [3.05, 3.63) is 102 Å². The third-order valence-corrected chi connectivity index (χ3v) is 6.30. The lowest BCUT2D eigenvalue weighted by atomic mass is 9.90. The Morgan fingerprint density at radius 1 is 0.545 bits per heavy atom. The summed E-state index contributed by atoms with van der Waals surface area (Å²) in [7, 11) is 0. The van der Waals surface area contributed by atoms with Crippen LogP contribution < -0.4 is 0 Å². The molecular formula is C30H22N2O. The SMILES string of the molecule is Cc1ccc2cccc(-c3cc4ccccc4c(-c4cccc5ccc(C)nc45)c3O)c2n1. The molecule has 158 valence electrons. The maximum atomic E-state index is 11.8. The second-order valence-corrected chi connectivity index (χ2v) is 8.53. The van der Waals surface area contributed by atoms with E-state index in [-0.39, 0.29) is 5.75 Å². The number of hydrogen-bond donors (Lipinski definition) is 1. The number of hydrogen-bond acceptors (Lipinski definition) is 3. The normalized spacial score (nSPS) is 11.5. The third-order valence-electron chi connectivity index (χ3n) is 6.30. The van der Waals surface area contributed by atoms with Crippen LogP contribution in [0, 0.1) is 13.8 Å². The predicted octanol–water partition coefficient (Wildman–Crippen LogP) is 7.59. The van der Waals surface area contributed by atoms with E-state index in [0.717, 1.165) is 66.2 Å². The van der Waals surface area contributed by atoms with Gasteiger partial charge in [-0.25, -0.2) is 0 Å². The van der Waals surface area contributed by atoms with Gasteiger partial charge in [-0.2, -0.15) is 0 Å². The van der Waals surface area contributed by atoms with Gasteiger partial charge in [-0.15, -0.1) is 0 Å². The maximum absolute atomic E-state index is 11.8. The summed E-state index contributed by atoms with van der Waals surface area (Å²) in [5.74, 6) is 0.250. The van der Waals surface area contributed by atoms with E-state index < -0.39 is 0 Å². The average Bonchev–Trinajstić information content (AvgIpc) is 2.83. The molecule has 2 heterocycles. The molecule has 1 N–H and O–H groups in total. The highest BCUT2D eigenvalue weighted by Crippen LogP contribution is 2.46. The standard InChI is InChI=1S/C30H22N2O/c1-18-13-15-20-8-5-11-24(28(20)31-18)26-17-22-7-3-4-10-23(22)27(30(26)33)25-12-6-9-21-16-14-19(2)32-29(21)25/h3-17,33H,1-2H3. The summed E-state index contributed by atoms with van der Waals surface area (Å²) in [4.78, 5) is 9.65. The molecule has 0 unspecified atom stereocenters. The first kappa shape index (κ1) is 19.4. The van der Waals surface area contributed by atoms with Gasteiger partial charge in [0.05, 0.1) is 11.0 Å². The highest BCUT2D eigenvalue weighted by atomic mass is 16.3. The van der Waals surface area contributed by atoms with E-state index in [0.29, 0.717) is 0 Å². The Morgan fingerprint density at radius 2 is 1.12 bits per heavy atom. The number of aryl methyl sites for hydroxylation is 2. The van der Waals surface area contributed by atoms with E-state index in [9.17, 15) is 5.11 Å². The zero-order valence-electron chi connectivity index (χ0n) is 18.5. The number of fused-ring (bicyclic) bond motifs is 3. The minimum absolute atomic E-state index is 0.250. The van der Waals surface area contributed by atoms with E-state index in [1.165, 1.54) is 0 Å². The molecule has 0 bridgehead atoms. The van der Waals surface area contributed by atoms with Crippen LogP contribution in [0.15, 0.2) is 91.0 Å². The second kappa shape index (κ2) is 7.42. The maximum Gasteiger partial charge on any atom is 0.132 e. The number of para-hydroxylation sites is 2. The molecule has 0 saturated carbocycles. The molecule has 6 rings (SSSR count). The minimum Gasteiger partial charge on any atom is -0.507 e. The van der Waals surface area contributed by atoms with E-state index in [2.05, 4.69) is 42.5 Å². The van der Waals surface area contributed by atoms with Crippen LogP contribution in [0.25, 0.3) is 54.8 Å². The fourth-order valence-corrected chi connectivity index (χ4v) is 4.72. The van der Waals surface area contributed by atoms with Gasteiger partial charge in [0.2, 0.25) is 0 Å². The highest BCUT2D eigenvalue weighted by molar-refractivity contribution is 6.10. The molecule has 0 radical (unpaired) electrons. The van der Waals surface area contributed by atoms with Crippen LogP contribution in [-0.2, 0) is 0 Å². The first-order valence-electron chi connectivity index (χ1n) is 11.1. The fraction of sp³-hybridized carbons (Fsp3) is 0.0667. The molecule has 4 aromatic carbocycles. The summed E-state index contributed by atoms with van der Waals surface area (Å²) in [6.45, 7) is 3.99. The number of phenols is 1. The molecule has 6 aromatic rings. The summed E-state index contributed by atoms with van der Waals surface area (Å²) >= 11 is 0. The third kappa shape index (κ3) is 3.13. The van der Waals surface area contributed by atoms with Gasteiger partial charge in [0.25, 0.3) is 0 Å². The van der Waals surface area contributed by atoms with Gasteiger partial charge in [0.1, 0.15) is 5.75 Å². The van der Waals surface area contributed by atoms with Crippen molar-refractivity contribution in [3.8, 4) is 28.0 Å². The van der Waals surface area contributed by atoms with Crippen LogP contribution in [0.4, 0.5) is 0 Å². The van der Waals surface area contributed by atoms with Gasteiger partial charge in [-0.3, -0.25) is 9.97 Å². The van der Waals surface area contributed by atoms with E-state index >= 15 is 0 Å². The largest absolute Gasteiger partial charge is 0.507 e. The Labute approximate surface area is 192 Å². The summed E-state index contributed by atoms with van der Waals surface area (Å²) in [6, 6.07) is 30.7. The van der Waals surface area contributed by atoms with Crippen molar-refractivity contribution in [2.75, 3.05) is 0 Å². The Morgan fingerprint density at radius 3 is 1.82 bits per heavy atom. The van der Waals surface area contributed by atoms with Crippen molar-refractivity contribution < 1.29 is 5.11 Å². The number of pyridine rings is 2. The van der Waals surface area contributed by atoms with Gasteiger partial charge < -0.3 is 5.11 Å². The molecule has 3 heteroatoms. The van der Waals surface area contributed by atoms with Crippen molar-refractivity contribution in [2.45, 2.75) is 13.8 Å². The molecule has 3 nitrogen and oxygen atoms in total. The number of benzene rings is 4. The van der Waals surface area contributed by atoms with Crippen LogP contribution in [0.5, 0.6) is 5.75 Å². The summed E-state index contributed by atoms with van der Waals surface area (Å²) in [6.07, 6.45) is 0. The minimum atomic E-state index is 0.250. The van der Waals surface area contributed by atoms with Crippen LogP contribution in [0.3, 0.4) is 0 Å². The van der Waals surface area contributed by atoms with E-state index in [1.54, 1.807) is 0 Å². The van der Waals surface area contributed by atoms with Crippen molar-refractivity contribution in [1.29, 1.82) is 0 Å². The number of aromatic nitrogens is 2. The molecular weight excluding hydrogens is 404 g/mol. The van der Waals surface area contributed by atoms with Gasteiger partial charge in [-0.05, 0) is 42.8 Å². The van der Waals surface area contributed by atoms with Crippen LogP contribution in [0.2, 0.25) is 0 Å². The monoisotopic (exact) mass is 426 g/mol. The summed E-state index contributed by atoms with van der Waals surface area (Å²) < 4.78 is 0. The molecule has 0 aliphatic rings. The number of nitrogens with zero attached hydrogens (tertiary/aromatic N) is 2. The lowest BCUT2D eigenvalue weighted by molar-refractivity contribution is 0.480. The Bertz CT molecular complexity index is 1700. The van der Waals surface area contributed by atoms with Gasteiger partial charge in [0.15, 0.2) is 0 Å². The molecule has 0 fully saturated rings. The fourth-order valence-electron chi connectivity index (χ4n) is 4.72. The number of aromatic hydroxyl groups is 1. The molecule has 0 aliphatic heterocycles. The Kier molecular flexibility index (Phi) is 4.37. The van der Waals surface area contributed by atoms with E-state index in [1.807, 2.05) is 62.4 Å². The molecule has 0 saturated heterocycles. The topological polar surface area (TPSA) is 46.0 Å². The lowest BCUT2D eigenvalue weighted by Gasteiger charge is -2.17. The van der Waals surface area contributed by atoms with Crippen molar-refractivity contribution in [3.63, 3.8) is 0 Å². The second-order valence-electron chi connectivity index (χ2n) is 8.53. The number of rotatable bonds is 2. The lowest BCUT2D eigenvalue weighted by Crippen LogP contribution is -1.93. The molecule has 0 atom stereocenters. The quantitative estimate of drug-likeness (QED) is 0.310. The average molecular weight is 427 g/mol. The molecule has 0 spiro atoms. The molecule has 33 heavy (non-hydrogen) atoms. The molecule has 2 aromatic heterocycles. The number of phenolic OH excluding ortho intramolecular Hbond substituents is 1. The van der Waals surface area contributed by atoms with Gasteiger partial charge in [-0.1, -0.05) is 72.8 Å². The first-order chi connectivity index (χ1) is 16.1. The van der Waals surface area contributed by atoms with Gasteiger partial charge in [0, 0.05) is 44.4 Å². The van der Waals surface area contributed by atoms with Crippen LogP contribution >= 0.6 is 0 Å². The van der Waals surface area contributed by atoms with Crippen molar-refractivity contribution >= 4 is 32.6 Å². The summed E-state index contributed by atoms with van der Waals surface area (Å²) in [5, 5.41) is 16.0. The predicted molar refractivity (Wildman–Crippen MR) is 137 cm³/mol. The molecule has 0 amide bonds. The Balaban J connectivity index is 1.76. The summed E-state index contributed by atoms with van der Waals surface area (Å²) in [5.41, 5.74) is 7.10. The van der Waals surface area contributed by atoms with Gasteiger partial charge >= 0.3 is 0 Å². The smallest absolute Gasteiger partial charge is 0.132 e. The van der Waals surface area contributed by atoms with Crippen molar-refractivity contribution in [2.24, 2.45) is 0 Å². The highest BCUT2D eigenvalue weighted by Gasteiger charge is 2.19. The van der Waals surface area contributed by atoms with E-state index in [4.69, 9.17) is 9.97 Å².